The van der Waals surface area contributed by atoms with Crippen LogP contribution in [0.25, 0.3) is 0 Å². The average molecular weight is 848 g/mol. The van der Waals surface area contributed by atoms with Gasteiger partial charge in [-0.15, -0.1) is 0 Å². The first-order valence-electron chi connectivity index (χ1n) is 25.3. The number of nitrogens with zero attached hydrogens (tertiary/aromatic N) is 1. The minimum atomic E-state index is -0.587. The van der Waals surface area contributed by atoms with Gasteiger partial charge < -0.3 is 14.4 Å². The molecule has 0 fully saturated rings. The number of carbonyl (C=O) groups excluding carboxylic acids is 3. The van der Waals surface area contributed by atoms with Gasteiger partial charge in [0.2, 0.25) is 0 Å². The first-order chi connectivity index (χ1) is 28.8. The molecule has 0 aliphatic rings. The molecule has 6 nitrogen and oxygen atoms in total. The largest absolute Gasteiger partial charge is 0.461 e. The molecule has 7 heteroatoms. The van der Waals surface area contributed by atoms with Gasteiger partial charge in [0.05, 0.1) is 0 Å². The predicted octanol–water partition coefficient (Wildman–Crippen LogP) is 15.6. The van der Waals surface area contributed by atoms with E-state index >= 15 is 0 Å². The molecule has 0 amide bonds. The van der Waals surface area contributed by atoms with Gasteiger partial charge >= 0.3 is 11.9 Å². The molecule has 0 saturated heterocycles. The Hall–Kier alpha value is -1.52. The highest BCUT2D eigenvalue weighted by Crippen LogP contribution is 2.41. The van der Waals surface area contributed by atoms with Gasteiger partial charge in [0.1, 0.15) is 13.2 Å². The Balaban J connectivity index is 4.30. The number of allylic oxidation sites excluding steroid dienone is 2. The number of ether oxygens (including phenoxy) is 2. The fourth-order valence-electron chi connectivity index (χ4n) is 7.90. The van der Waals surface area contributed by atoms with Gasteiger partial charge in [-0.1, -0.05) is 193 Å². The molecule has 0 rings (SSSR count). The first kappa shape index (κ1) is 57.5. The van der Waals surface area contributed by atoms with Crippen LogP contribution in [0.5, 0.6) is 0 Å². The Kier molecular flexibility index (Phi) is 43.4. The molecule has 0 aliphatic carbocycles. The van der Waals surface area contributed by atoms with Crippen molar-refractivity contribution in [2.45, 2.75) is 233 Å². The second-order valence-electron chi connectivity index (χ2n) is 17.8. The molecule has 0 spiro atoms. The summed E-state index contributed by atoms with van der Waals surface area (Å²) in [5.74, 6) is 1.36. The Morgan fingerprint density at radius 1 is 0.458 bits per heavy atom. The zero-order chi connectivity index (χ0) is 43.4. The van der Waals surface area contributed by atoms with Crippen LogP contribution >= 0.6 is 7.92 Å². The maximum absolute atomic E-state index is 13.2. The molecule has 346 valence electrons. The third kappa shape index (κ3) is 40.3. The number of unbranched alkanes of at least 4 members (excludes halogenated alkanes) is 16. The molecule has 0 atom stereocenters. The van der Waals surface area contributed by atoms with Crippen molar-refractivity contribution >= 4 is 25.4 Å². The number of hydrogen-bond acceptors (Lipinski definition) is 6. The topological polar surface area (TPSA) is 72.9 Å². The van der Waals surface area contributed by atoms with Crippen molar-refractivity contribution in [3.8, 4) is 0 Å². The van der Waals surface area contributed by atoms with Gasteiger partial charge in [0.15, 0.2) is 5.52 Å². The molecule has 59 heavy (non-hydrogen) atoms. The molecular formula is C52H98NO5P. The summed E-state index contributed by atoms with van der Waals surface area (Å²) >= 11 is 0. The highest BCUT2D eigenvalue weighted by molar-refractivity contribution is 7.74. The van der Waals surface area contributed by atoms with E-state index in [0.717, 1.165) is 114 Å². The summed E-state index contributed by atoms with van der Waals surface area (Å²) in [6.07, 6.45) is 47.0. The zero-order valence-electron chi connectivity index (χ0n) is 40.1. The lowest BCUT2D eigenvalue weighted by Crippen LogP contribution is -2.14. The second-order valence-corrected chi connectivity index (χ2v) is 20.3. The molecule has 0 aromatic rings. The predicted molar refractivity (Wildman–Crippen MR) is 258 cm³/mol. The molecule has 0 aromatic carbocycles. The number of hydrogen-bond donors (Lipinski definition) is 0. The lowest BCUT2D eigenvalue weighted by molar-refractivity contribution is -0.143. The van der Waals surface area contributed by atoms with Gasteiger partial charge in [-0.3, -0.25) is 14.4 Å². The summed E-state index contributed by atoms with van der Waals surface area (Å²) in [4.78, 5) is 40.0. The van der Waals surface area contributed by atoms with E-state index in [4.69, 9.17) is 9.47 Å². The van der Waals surface area contributed by atoms with E-state index in [1.165, 1.54) is 103 Å². The van der Waals surface area contributed by atoms with Crippen LogP contribution in [0.3, 0.4) is 0 Å². The first-order valence-corrected chi connectivity index (χ1v) is 27.0. The van der Waals surface area contributed by atoms with Crippen LogP contribution in [0.4, 0.5) is 0 Å². The van der Waals surface area contributed by atoms with Crippen LogP contribution in [0, 0.1) is 11.8 Å². The third-order valence-corrected chi connectivity index (χ3v) is 14.4. The standard InChI is InChI=1S/C52H98NO5P/c1-7-11-21-34-48(35-22-12-8-2)38-27-29-44-57-50(54)40-25-17-15-19-31-46-59(52(56)42-33-43-53(5)6)47-32-20-16-18-26-41-51(55)58-45-30-28-39-49(36-23-13-9-3)37-24-14-10-4/h27-30,48-49H,7-26,31-47H2,1-6H3. The average Bonchev–Trinajstić information content (AvgIpc) is 3.21. The number of esters is 2. The summed E-state index contributed by atoms with van der Waals surface area (Å²) in [5, 5.41) is 0. The van der Waals surface area contributed by atoms with E-state index < -0.39 is 7.92 Å². The second kappa shape index (κ2) is 44.5. The van der Waals surface area contributed by atoms with Crippen molar-refractivity contribution < 1.29 is 23.9 Å². The molecule has 0 aliphatic heterocycles. The van der Waals surface area contributed by atoms with E-state index in [9.17, 15) is 14.4 Å². The van der Waals surface area contributed by atoms with Gasteiger partial charge in [0, 0.05) is 19.3 Å². The molecule has 0 unspecified atom stereocenters. The third-order valence-electron chi connectivity index (χ3n) is 11.8. The van der Waals surface area contributed by atoms with Gasteiger partial charge in [0.25, 0.3) is 0 Å². The van der Waals surface area contributed by atoms with Crippen LogP contribution in [0.1, 0.15) is 233 Å². The minimum Gasteiger partial charge on any atom is -0.461 e. The van der Waals surface area contributed by atoms with Crippen molar-refractivity contribution in [3.05, 3.63) is 24.3 Å². The molecule has 0 heterocycles. The molecule has 0 saturated carbocycles. The van der Waals surface area contributed by atoms with Gasteiger partial charge in [-0.25, -0.2) is 0 Å². The molecular weight excluding hydrogens is 750 g/mol. The fourth-order valence-corrected chi connectivity index (χ4v) is 10.3. The fraction of sp³-hybridized carbons (Fsp3) is 0.865. The normalized spacial score (nSPS) is 12.5. The monoisotopic (exact) mass is 848 g/mol. The smallest absolute Gasteiger partial charge is 0.306 e. The highest BCUT2D eigenvalue weighted by Gasteiger charge is 2.17. The Morgan fingerprint density at radius 2 is 0.831 bits per heavy atom. The van der Waals surface area contributed by atoms with E-state index in [1.54, 1.807) is 0 Å². The van der Waals surface area contributed by atoms with Crippen molar-refractivity contribution in [2.24, 2.45) is 11.8 Å². The Labute approximate surface area is 368 Å². The lowest BCUT2D eigenvalue weighted by atomic mass is 9.92. The van der Waals surface area contributed by atoms with Crippen LogP contribution < -0.4 is 0 Å². The van der Waals surface area contributed by atoms with Crippen molar-refractivity contribution in [2.75, 3.05) is 46.2 Å². The lowest BCUT2D eigenvalue weighted by Gasteiger charge is -2.17. The Morgan fingerprint density at radius 3 is 1.20 bits per heavy atom. The summed E-state index contributed by atoms with van der Waals surface area (Å²) < 4.78 is 11.0. The van der Waals surface area contributed by atoms with E-state index in [-0.39, 0.29) is 11.9 Å². The van der Waals surface area contributed by atoms with Crippen LogP contribution in [0.15, 0.2) is 24.3 Å². The van der Waals surface area contributed by atoms with Crippen molar-refractivity contribution in [1.82, 2.24) is 4.90 Å². The number of carbonyl (C=O) groups is 3. The van der Waals surface area contributed by atoms with Gasteiger partial charge in [-0.2, -0.15) is 0 Å². The maximum atomic E-state index is 13.2. The van der Waals surface area contributed by atoms with E-state index in [1.807, 2.05) is 12.2 Å². The van der Waals surface area contributed by atoms with Crippen LogP contribution in [0.2, 0.25) is 0 Å². The maximum Gasteiger partial charge on any atom is 0.306 e. The van der Waals surface area contributed by atoms with Crippen molar-refractivity contribution in [3.63, 3.8) is 0 Å². The molecule has 0 N–H and O–H groups in total. The molecule has 0 radical (unpaired) electrons. The summed E-state index contributed by atoms with van der Waals surface area (Å²) in [6, 6.07) is 0. The summed E-state index contributed by atoms with van der Waals surface area (Å²) in [6.45, 7) is 10.8. The SMILES string of the molecule is CCCCCC(CC=CCOC(=O)CCCCCCCP(CCCCCCCC(=O)OCC=CCC(CCCCC)CCCCC)C(=O)CCCN(C)C)CCCCC. The molecule has 0 aromatic heterocycles. The summed E-state index contributed by atoms with van der Waals surface area (Å²) in [5.41, 5.74) is 0.502. The minimum absolute atomic E-state index is 0.0821. The number of rotatable bonds is 45. The molecule has 0 bridgehead atoms. The summed E-state index contributed by atoms with van der Waals surface area (Å²) in [7, 11) is 3.56. The zero-order valence-corrected chi connectivity index (χ0v) is 41.0. The van der Waals surface area contributed by atoms with E-state index in [0.29, 0.717) is 38.0 Å². The van der Waals surface area contributed by atoms with Gasteiger partial charge in [-0.05, 0) is 97.7 Å². The van der Waals surface area contributed by atoms with Crippen LogP contribution in [-0.2, 0) is 23.9 Å². The van der Waals surface area contributed by atoms with E-state index in [2.05, 4.69) is 58.8 Å². The highest BCUT2D eigenvalue weighted by atomic mass is 31.1. The van der Waals surface area contributed by atoms with Crippen molar-refractivity contribution in [1.29, 1.82) is 0 Å². The Bertz CT molecular complexity index is 927. The van der Waals surface area contributed by atoms with Crippen LogP contribution in [-0.4, -0.2) is 68.5 Å². The quantitative estimate of drug-likeness (QED) is 0.0263.